The molecule has 0 saturated heterocycles. The van der Waals surface area contributed by atoms with E-state index in [9.17, 15) is 4.79 Å². The first-order valence-corrected chi connectivity index (χ1v) is 7.67. The molecule has 1 aromatic heterocycles. The van der Waals surface area contributed by atoms with E-state index in [4.69, 9.17) is 5.11 Å². The fraction of sp³-hybridized carbons (Fsp3) is 0.278. The van der Waals surface area contributed by atoms with E-state index in [2.05, 4.69) is 15.5 Å². The lowest BCUT2D eigenvalue weighted by atomic mass is 10.1. The van der Waals surface area contributed by atoms with Gasteiger partial charge in [0.2, 0.25) is 0 Å². The van der Waals surface area contributed by atoms with Crippen LogP contribution in [0.4, 0.5) is 5.69 Å². The van der Waals surface area contributed by atoms with Crippen LogP contribution >= 0.6 is 0 Å². The van der Waals surface area contributed by atoms with Crippen LogP contribution in [-0.2, 0) is 4.79 Å². The summed E-state index contributed by atoms with van der Waals surface area (Å²) in [6.45, 7) is 2.04. The summed E-state index contributed by atoms with van der Waals surface area (Å²) < 4.78 is 0. The molecule has 0 bridgehead atoms. The van der Waals surface area contributed by atoms with Crippen molar-refractivity contribution in [3.63, 3.8) is 0 Å². The Hall–Kier alpha value is -2.69. The number of aryl methyl sites for hydroxylation is 1. The Morgan fingerprint density at radius 3 is 2.52 bits per heavy atom. The summed E-state index contributed by atoms with van der Waals surface area (Å²) >= 11 is 0. The van der Waals surface area contributed by atoms with E-state index < -0.39 is 5.97 Å². The number of unbranched alkanes of at least 4 members (excludes halogenated alkanes) is 1. The van der Waals surface area contributed by atoms with Gasteiger partial charge in [0.15, 0.2) is 0 Å². The number of rotatable bonds is 8. The van der Waals surface area contributed by atoms with Crippen LogP contribution in [-0.4, -0.2) is 21.8 Å². The molecular formula is C18H21N3O2. The molecule has 0 atom stereocenters. The number of hydrogen-bond donors (Lipinski definition) is 2. The minimum atomic E-state index is -0.765. The quantitative estimate of drug-likeness (QED) is 0.441. The first-order chi connectivity index (χ1) is 11.1. The number of aliphatic carboxylic acids is 1. The highest BCUT2D eigenvalue weighted by Crippen LogP contribution is 2.11. The number of benzene rings is 1. The maximum Gasteiger partial charge on any atom is 0.303 e. The van der Waals surface area contributed by atoms with Crippen LogP contribution in [0.2, 0.25) is 0 Å². The molecule has 5 heteroatoms. The van der Waals surface area contributed by atoms with Gasteiger partial charge in [0, 0.05) is 12.6 Å². The number of pyridine rings is 1. The van der Waals surface area contributed by atoms with Gasteiger partial charge in [-0.15, -0.1) is 0 Å². The molecule has 120 valence electrons. The fourth-order valence-electron chi connectivity index (χ4n) is 2.10. The number of carboxylic acids is 1. The van der Waals surface area contributed by atoms with Crippen molar-refractivity contribution >= 4 is 17.4 Å². The predicted octanol–water partition coefficient (Wildman–Crippen LogP) is 3.85. The summed E-state index contributed by atoms with van der Waals surface area (Å²) in [4.78, 5) is 14.9. The summed E-state index contributed by atoms with van der Waals surface area (Å²) in [7, 11) is 0. The van der Waals surface area contributed by atoms with Crippen molar-refractivity contribution in [1.82, 2.24) is 4.98 Å². The molecule has 0 radical (unpaired) electrons. The van der Waals surface area contributed by atoms with Gasteiger partial charge in [0.05, 0.1) is 17.1 Å². The average molecular weight is 311 g/mol. The van der Waals surface area contributed by atoms with Crippen LogP contribution < -0.4 is 5.43 Å². The third-order valence-electron chi connectivity index (χ3n) is 3.39. The molecule has 2 aromatic rings. The van der Waals surface area contributed by atoms with E-state index in [0.29, 0.717) is 12.8 Å². The second-order valence-corrected chi connectivity index (χ2v) is 5.35. The van der Waals surface area contributed by atoms with Crippen LogP contribution in [0, 0.1) is 6.92 Å². The summed E-state index contributed by atoms with van der Waals surface area (Å²) in [5.74, 6) is -0.765. The van der Waals surface area contributed by atoms with Crippen molar-refractivity contribution in [2.24, 2.45) is 5.10 Å². The number of anilines is 1. The van der Waals surface area contributed by atoms with Gasteiger partial charge in [-0.3, -0.25) is 15.2 Å². The molecule has 1 aromatic carbocycles. The van der Waals surface area contributed by atoms with Crippen LogP contribution in [0.25, 0.3) is 0 Å². The van der Waals surface area contributed by atoms with Crippen LogP contribution in [0.5, 0.6) is 0 Å². The number of hydrogen-bond acceptors (Lipinski definition) is 4. The summed E-state index contributed by atoms with van der Waals surface area (Å²) in [6, 6.07) is 13.7. The van der Waals surface area contributed by atoms with Gasteiger partial charge in [0.1, 0.15) is 0 Å². The van der Waals surface area contributed by atoms with Crippen molar-refractivity contribution in [3.05, 3.63) is 59.9 Å². The van der Waals surface area contributed by atoms with Crippen molar-refractivity contribution < 1.29 is 9.90 Å². The number of carbonyl (C=O) groups is 1. The number of nitrogens with one attached hydrogen (secondary N) is 1. The Bertz CT molecular complexity index is 652. The third kappa shape index (κ3) is 5.90. The molecule has 2 rings (SSSR count). The normalized spacial score (nSPS) is 11.3. The second-order valence-electron chi connectivity index (χ2n) is 5.35. The van der Waals surface area contributed by atoms with Gasteiger partial charge in [-0.25, -0.2) is 0 Å². The molecular weight excluding hydrogens is 290 g/mol. The van der Waals surface area contributed by atoms with Gasteiger partial charge >= 0.3 is 5.97 Å². The Morgan fingerprint density at radius 1 is 1.13 bits per heavy atom. The second kappa shape index (κ2) is 8.68. The highest BCUT2D eigenvalue weighted by atomic mass is 16.4. The molecule has 0 aliphatic heterocycles. The first kappa shape index (κ1) is 16.7. The molecule has 2 N–H and O–H groups in total. The third-order valence-corrected chi connectivity index (χ3v) is 3.39. The van der Waals surface area contributed by atoms with E-state index in [0.717, 1.165) is 23.5 Å². The Morgan fingerprint density at radius 2 is 1.87 bits per heavy atom. The zero-order valence-corrected chi connectivity index (χ0v) is 13.2. The summed E-state index contributed by atoms with van der Waals surface area (Å²) in [5, 5.41) is 13.2. The lowest BCUT2D eigenvalue weighted by molar-refractivity contribution is -0.137. The zero-order valence-electron chi connectivity index (χ0n) is 13.2. The molecule has 0 spiro atoms. The monoisotopic (exact) mass is 311 g/mol. The number of aromatic nitrogens is 1. The first-order valence-electron chi connectivity index (χ1n) is 7.67. The maximum atomic E-state index is 10.6. The highest BCUT2D eigenvalue weighted by molar-refractivity contribution is 5.99. The van der Waals surface area contributed by atoms with Gasteiger partial charge in [-0.1, -0.05) is 23.8 Å². The predicted molar refractivity (Wildman–Crippen MR) is 91.7 cm³/mol. The SMILES string of the molecule is Cc1ccc(NN=C(CCCCC(=O)O)c2ccccn2)cc1. The molecule has 0 saturated carbocycles. The van der Waals surface area contributed by atoms with E-state index in [1.165, 1.54) is 5.56 Å². The molecule has 0 amide bonds. The molecule has 0 fully saturated rings. The van der Waals surface area contributed by atoms with Gasteiger partial charge in [0.25, 0.3) is 0 Å². The fourth-order valence-corrected chi connectivity index (χ4v) is 2.10. The maximum absolute atomic E-state index is 10.6. The van der Waals surface area contributed by atoms with Crippen molar-refractivity contribution in [2.75, 3.05) is 5.43 Å². The number of hydrazone groups is 1. The molecule has 5 nitrogen and oxygen atoms in total. The van der Waals surface area contributed by atoms with Crippen molar-refractivity contribution in [3.8, 4) is 0 Å². The van der Waals surface area contributed by atoms with Gasteiger partial charge in [-0.2, -0.15) is 5.10 Å². The number of nitrogens with zero attached hydrogens (tertiary/aromatic N) is 2. The number of carboxylic acid groups (broad SMARTS) is 1. The average Bonchev–Trinajstić information content (AvgIpc) is 2.56. The van der Waals surface area contributed by atoms with E-state index in [-0.39, 0.29) is 6.42 Å². The standard InChI is InChI=1S/C18H21N3O2/c1-14-9-11-15(12-10-14)20-21-17(7-2-3-8-18(22)23)16-6-4-5-13-19-16/h4-6,9-13,20H,2-3,7-8H2,1H3,(H,22,23). The molecule has 0 unspecified atom stereocenters. The Labute approximate surface area is 136 Å². The van der Waals surface area contributed by atoms with Crippen molar-refractivity contribution in [2.45, 2.75) is 32.6 Å². The minimum Gasteiger partial charge on any atom is -0.481 e. The summed E-state index contributed by atoms with van der Waals surface area (Å²) in [5.41, 5.74) is 6.79. The van der Waals surface area contributed by atoms with Crippen LogP contribution in [0.3, 0.4) is 0 Å². The van der Waals surface area contributed by atoms with E-state index in [1.54, 1.807) is 6.20 Å². The lowest BCUT2D eigenvalue weighted by Gasteiger charge is -2.07. The van der Waals surface area contributed by atoms with Crippen LogP contribution in [0.1, 0.15) is 36.9 Å². The molecule has 0 aliphatic rings. The van der Waals surface area contributed by atoms with Gasteiger partial charge < -0.3 is 5.11 Å². The largest absolute Gasteiger partial charge is 0.481 e. The molecule has 0 aliphatic carbocycles. The minimum absolute atomic E-state index is 0.181. The lowest BCUT2D eigenvalue weighted by Crippen LogP contribution is -2.07. The zero-order chi connectivity index (χ0) is 16.5. The van der Waals surface area contributed by atoms with E-state index in [1.807, 2.05) is 49.4 Å². The van der Waals surface area contributed by atoms with Gasteiger partial charge in [-0.05, 0) is 50.5 Å². The molecule has 23 heavy (non-hydrogen) atoms. The Balaban J connectivity index is 2.04. The smallest absolute Gasteiger partial charge is 0.303 e. The van der Waals surface area contributed by atoms with Crippen molar-refractivity contribution in [1.29, 1.82) is 0 Å². The van der Waals surface area contributed by atoms with Crippen LogP contribution in [0.15, 0.2) is 53.8 Å². The molecule has 1 heterocycles. The highest BCUT2D eigenvalue weighted by Gasteiger charge is 2.06. The Kier molecular flexibility index (Phi) is 6.29. The van der Waals surface area contributed by atoms with E-state index >= 15 is 0 Å². The topological polar surface area (TPSA) is 74.6 Å². The summed E-state index contributed by atoms with van der Waals surface area (Å²) in [6.07, 6.45) is 3.99.